The molecule has 0 radical (unpaired) electrons. The number of carbonyl (C=O) groups is 1. The third-order valence-corrected chi connectivity index (χ3v) is 6.70. The van der Waals surface area contributed by atoms with Gasteiger partial charge in [0.1, 0.15) is 0 Å². The standard InChI is InChI=1S/C29H31N5O2/c1-22-9-7-12-24(21-22)33-19-17-32(18-20-33)16-8-15-30-28(35)27-25-13-5-6-14-26(25)29(36)34(31-27)23-10-3-2-4-11-23/h2-7,9-14,21H,8,15-20H2,1H3,(H,30,35). The average Bonchev–Trinajstić information content (AvgIpc) is 2.92. The highest BCUT2D eigenvalue weighted by molar-refractivity contribution is 6.04. The fourth-order valence-electron chi connectivity index (χ4n) is 4.74. The third kappa shape index (κ3) is 5.16. The lowest BCUT2D eigenvalue weighted by atomic mass is 10.1. The molecule has 0 atom stereocenters. The van der Waals surface area contributed by atoms with Gasteiger partial charge in [-0.15, -0.1) is 0 Å². The Morgan fingerprint density at radius 1 is 0.861 bits per heavy atom. The molecule has 0 unspecified atom stereocenters. The summed E-state index contributed by atoms with van der Waals surface area (Å²) in [6, 6.07) is 25.0. The number of nitrogens with zero attached hydrogens (tertiary/aromatic N) is 4. The number of benzene rings is 3. The highest BCUT2D eigenvalue weighted by Gasteiger charge is 2.19. The molecule has 1 N–H and O–H groups in total. The molecule has 0 spiro atoms. The minimum Gasteiger partial charge on any atom is -0.369 e. The highest BCUT2D eigenvalue weighted by atomic mass is 16.2. The number of aryl methyl sites for hydroxylation is 1. The van der Waals surface area contributed by atoms with Crippen molar-refractivity contribution in [3.8, 4) is 5.69 Å². The van der Waals surface area contributed by atoms with Gasteiger partial charge in [0.15, 0.2) is 5.69 Å². The number of para-hydroxylation sites is 1. The van der Waals surface area contributed by atoms with Crippen molar-refractivity contribution in [1.29, 1.82) is 0 Å². The zero-order valence-corrected chi connectivity index (χ0v) is 20.6. The first-order valence-electron chi connectivity index (χ1n) is 12.5. The molecule has 1 aliphatic rings. The molecule has 4 aromatic rings. The predicted molar refractivity (Wildman–Crippen MR) is 144 cm³/mol. The largest absolute Gasteiger partial charge is 0.369 e. The van der Waals surface area contributed by atoms with Crippen LogP contribution in [0.15, 0.2) is 83.7 Å². The van der Waals surface area contributed by atoms with Crippen molar-refractivity contribution in [2.45, 2.75) is 13.3 Å². The number of anilines is 1. The Balaban J connectivity index is 1.20. The fraction of sp³-hybridized carbons (Fsp3) is 0.276. The first kappa shape index (κ1) is 23.8. The van der Waals surface area contributed by atoms with Crippen molar-refractivity contribution >= 4 is 22.4 Å². The molecule has 7 nitrogen and oxygen atoms in total. The van der Waals surface area contributed by atoms with Crippen LogP contribution in [0.2, 0.25) is 0 Å². The van der Waals surface area contributed by atoms with Gasteiger partial charge in [-0.1, -0.05) is 48.5 Å². The predicted octanol–water partition coefficient (Wildman–Crippen LogP) is 3.64. The van der Waals surface area contributed by atoms with Crippen LogP contribution in [0.3, 0.4) is 0 Å². The average molecular weight is 482 g/mol. The van der Waals surface area contributed by atoms with Gasteiger partial charge >= 0.3 is 0 Å². The number of amides is 1. The van der Waals surface area contributed by atoms with E-state index in [4.69, 9.17) is 0 Å². The van der Waals surface area contributed by atoms with E-state index in [9.17, 15) is 9.59 Å². The maximum Gasteiger partial charge on any atom is 0.279 e. The lowest BCUT2D eigenvalue weighted by Gasteiger charge is -2.36. The lowest BCUT2D eigenvalue weighted by Crippen LogP contribution is -2.47. The van der Waals surface area contributed by atoms with Crippen molar-refractivity contribution in [3.05, 3.63) is 100 Å². The number of nitrogens with one attached hydrogen (secondary N) is 1. The summed E-state index contributed by atoms with van der Waals surface area (Å²) in [5.74, 6) is -0.264. The van der Waals surface area contributed by atoms with Crippen LogP contribution in [-0.2, 0) is 0 Å². The van der Waals surface area contributed by atoms with Crippen LogP contribution in [-0.4, -0.2) is 59.9 Å². The van der Waals surface area contributed by atoms with Crippen LogP contribution in [0.4, 0.5) is 5.69 Å². The van der Waals surface area contributed by atoms with Gasteiger partial charge in [-0.3, -0.25) is 14.5 Å². The molecule has 3 aromatic carbocycles. The Hall–Kier alpha value is -3.97. The van der Waals surface area contributed by atoms with E-state index < -0.39 is 0 Å². The Labute approximate surface area is 211 Å². The summed E-state index contributed by atoms with van der Waals surface area (Å²) in [6.45, 7) is 7.64. The Kier molecular flexibility index (Phi) is 7.09. The van der Waals surface area contributed by atoms with Gasteiger partial charge < -0.3 is 10.2 Å². The van der Waals surface area contributed by atoms with Gasteiger partial charge in [0.05, 0.1) is 11.1 Å². The number of aromatic nitrogens is 2. The molecule has 0 aliphatic carbocycles. The number of hydrogen-bond donors (Lipinski definition) is 1. The smallest absolute Gasteiger partial charge is 0.279 e. The second-order valence-electron chi connectivity index (χ2n) is 9.22. The summed E-state index contributed by atoms with van der Waals surface area (Å²) in [7, 11) is 0. The molecule has 1 fully saturated rings. The minimum absolute atomic E-state index is 0.238. The molecule has 36 heavy (non-hydrogen) atoms. The van der Waals surface area contributed by atoms with Crippen LogP contribution in [0, 0.1) is 6.92 Å². The Bertz CT molecular complexity index is 1410. The van der Waals surface area contributed by atoms with Crippen LogP contribution < -0.4 is 15.8 Å². The van der Waals surface area contributed by atoms with Crippen LogP contribution in [0.1, 0.15) is 22.5 Å². The van der Waals surface area contributed by atoms with E-state index in [-0.39, 0.29) is 17.2 Å². The van der Waals surface area contributed by atoms with Crippen LogP contribution >= 0.6 is 0 Å². The summed E-state index contributed by atoms with van der Waals surface area (Å²) in [4.78, 5) is 31.0. The van der Waals surface area contributed by atoms with E-state index in [1.165, 1.54) is 15.9 Å². The SMILES string of the molecule is Cc1cccc(N2CCN(CCCNC(=O)c3nn(-c4ccccc4)c(=O)c4ccccc34)CC2)c1. The van der Waals surface area contributed by atoms with E-state index in [0.717, 1.165) is 39.1 Å². The maximum absolute atomic E-state index is 13.1. The molecular weight excluding hydrogens is 450 g/mol. The first-order chi connectivity index (χ1) is 17.6. The molecule has 1 saturated heterocycles. The minimum atomic E-state index is -0.264. The van der Waals surface area contributed by atoms with Crippen molar-refractivity contribution < 1.29 is 4.79 Å². The molecule has 0 saturated carbocycles. The third-order valence-electron chi connectivity index (χ3n) is 6.70. The van der Waals surface area contributed by atoms with Gasteiger partial charge in [-0.2, -0.15) is 9.78 Å². The first-order valence-corrected chi connectivity index (χ1v) is 12.5. The Morgan fingerprint density at radius 2 is 1.56 bits per heavy atom. The Morgan fingerprint density at radius 3 is 2.31 bits per heavy atom. The van der Waals surface area contributed by atoms with Crippen molar-refractivity contribution in [1.82, 2.24) is 20.0 Å². The molecular formula is C29H31N5O2. The zero-order chi connectivity index (χ0) is 24.9. The van der Waals surface area contributed by atoms with E-state index >= 15 is 0 Å². The van der Waals surface area contributed by atoms with Gasteiger partial charge in [-0.25, -0.2) is 0 Å². The molecule has 5 rings (SSSR count). The highest BCUT2D eigenvalue weighted by Crippen LogP contribution is 2.18. The van der Waals surface area contributed by atoms with Crippen molar-refractivity contribution in [3.63, 3.8) is 0 Å². The summed E-state index contributed by atoms with van der Waals surface area (Å²) in [5.41, 5.74) is 3.23. The van der Waals surface area contributed by atoms with E-state index in [1.54, 1.807) is 18.2 Å². The lowest BCUT2D eigenvalue weighted by molar-refractivity contribution is 0.0946. The topological polar surface area (TPSA) is 70.5 Å². The summed E-state index contributed by atoms with van der Waals surface area (Å²) in [5, 5.41) is 8.52. The molecule has 1 aromatic heterocycles. The van der Waals surface area contributed by atoms with Crippen LogP contribution in [0.25, 0.3) is 16.5 Å². The molecule has 184 valence electrons. The van der Waals surface area contributed by atoms with Gasteiger partial charge in [0, 0.05) is 43.8 Å². The summed E-state index contributed by atoms with van der Waals surface area (Å²) in [6.07, 6.45) is 0.854. The number of rotatable bonds is 7. The van der Waals surface area contributed by atoms with E-state index in [2.05, 4.69) is 51.4 Å². The monoisotopic (exact) mass is 481 g/mol. The number of carbonyl (C=O) groups excluding carboxylic acids is 1. The summed E-state index contributed by atoms with van der Waals surface area (Å²) < 4.78 is 1.31. The quantitative estimate of drug-likeness (QED) is 0.408. The van der Waals surface area contributed by atoms with Gasteiger partial charge in [-0.05, 0) is 55.8 Å². The second-order valence-corrected chi connectivity index (χ2v) is 9.22. The number of piperazine rings is 1. The normalized spacial score (nSPS) is 14.2. The van der Waals surface area contributed by atoms with Crippen molar-refractivity contribution in [2.24, 2.45) is 0 Å². The van der Waals surface area contributed by atoms with Crippen LogP contribution in [0.5, 0.6) is 0 Å². The van der Waals surface area contributed by atoms with Gasteiger partial charge in [0.2, 0.25) is 0 Å². The molecule has 7 heteroatoms. The van der Waals surface area contributed by atoms with Gasteiger partial charge in [0.25, 0.3) is 11.5 Å². The number of hydrogen-bond acceptors (Lipinski definition) is 5. The summed E-state index contributed by atoms with van der Waals surface area (Å²) >= 11 is 0. The molecule has 1 aliphatic heterocycles. The molecule has 2 heterocycles. The van der Waals surface area contributed by atoms with E-state index in [0.29, 0.717) is 23.0 Å². The van der Waals surface area contributed by atoms with Crippen molar-refractivity contribution in [2.75, 3.05) is 44.2 Å². The maximum atomic E-state index is 13.1. The fourth-order valence-corrected chi connectivity index (χ4v) is 4.74. The second kappa shape index (κ2) is 10.7. The zero-order valence-electron chi connectivity index (χ0n) is 20.6. The molecule has 1 amide bonds. The molecule has 0 bridgehead atoms. The van der Waals surface area contributed by atoms with E-state index in [1.807, 2.05) is 36.4 Å². The number of fused-ring (bicyclic) bond motifs is 1.